The summed E-state index contributed by atoms with van der Waals surface area (Å²) in [7, 11) is 0. The van der Waals surface area contributed by atoms with Crippen LogP contribution in [-0.2, 0) is 6.54 Å². The number of hydrogen-bond donors (Lipinski definition) is 1. The molecule has 1 fully saturated rings. The zero-order valence-corrected chi connectivity index (χ0v) is 20.7. The van der Waals surface area contributed by atoms with Crippen LogP contribution in [0, 0.1) is 24.2 Å². The van der Waals surface area contributed by atoms with Gasteiger partial charge in [-0.2, -0.15) is 5.26 Å². The molecule has 176 valence electrons. The Balaban J connectivity index is 1.41. The van der Waals surface area contributed by atoms with Crippen LogP contribution in [-0.4, -0.2) is 41.5 Å². The van der Waals surface area contributed by atoms with E-state index in [1.54, 1.807) is 6.07 Å². The fourth-order valence-corrected chi connectivity index (χ4v) is 5.02. The Bertz CT molecular complexity index is 1180. The lowest BCUT2D eigenvalue weighted by molar-refractivity contribution is 0.0941. The first kappa shape index (κ1) is 23.9. The zero-order chi connectivity index (χ0) is 24.1. The maximum Gasteiger partial charge on any atom is 0.263 e. The molecule has 1 atom stereocenters. The first-order valence-corrected chi connectivity index (χ1v) is 12.5. The quantitative estimate of drug-likeness (QED) is 0.495. The van der Waals surface area contributed by atoms with Crippen molar-refractivity contribution in [3.8, 4) is 22.4 Å². The molecule has 2 heterocycles. The number of nitrogens with one attached hydrogen (secondary N) is 1. The molecule has 1 aromatic heterocycles. The topological polar surface area (TPSA) is 78.2 Å². The largest absolute Gasteiger partial charge is 0.492 e. The number of nitrogens with zero attached hydrogens (tertiary/aromatic N) is 3. The van der Waals surface area contributed by atoms with E-state index in [4.69, 9.17) is 4.74 Å². The molecule has 1 amide bonds. The van der Waals surface area contributed by atoms with Gasteiger partial charge in [-0.1, -0.05) is 44.2 Å². The van der Waals surface area contributed by atoms with Crippen molar-refractivity contribution in [2.24, 2.45) is 5.92 Å². The number of hydrogen-bond acceptors (Lipinski definition) is 6. The standard InChI is InChI=1S/C27H30N4O2S/c1-18(2)17-33-24-10-9-21(13-22(24)14-28)27-29-19(3)25(34-27)26(32)30-23-11-12-31(16-23)15-20-7-5-4-6-8-20/h4-10,13,18,23H,11-12,15-17H2,1-3H3,(H,30,32). The Kier molecular flexibility index (Phi) is 7.61. The first-order valence-electron chi connectivity index (χ1n) is 11.6. The molecule has 34 heavy (non-hydrogen) atoms. The minimum absolute atomic E-state index is 0.0785. The third kappa shape index (κ3) is 5.82. The number of thiazole rings is 1. The number of ether oxygens (including phenoxy) is 1. The smallest absolute Gasteiger partial charge is 0.263 e. The van der Waals surface area contributed by atoms with Crippen molar-refractivity contribution in [1.29, 1.82) is 5.26 Å². The highest BCUT2D eigenvalue weighted by Crippen LogP contribution is 2.31. The monoisotopic (exact) mass is 474 g/mol. The summed E-state index contributed by atoms with van der Waals surface area (Å²) in [5.41, 5.74) is 3.28. The lowest BCUT2D eigenvalue weighted by atomic mass is 10.1. The number of rotatable bonds is 8. The van der Waals surface area contributed by atoms with Crippen LogP contribution in [0.4, 0.5) is 0 Å². The normalized spacial score (nSPS) is 15.9. The number of aryl methyl sites for hydroxylation is 1. The lowest BCUT2D eigenvalue weighted by Crippen LogP contribution is -2.36. The molecule has 1 N–H and O–H groups in total. The maximum atomic E-state index is 13.0. The van der Waals surface area contributed by atoms with Gasteiger partial charge in [-0.05, 0) is 43.0 Å². The Morgan fingerprint density at radius 1 is 1.29 bits per heavy atom. The van der Waals surface area contributed by atoms with Crippen molar-refractivity contribution in [3.05, 3.63) is 70.2 Å². The number of carbonyl (C=O) groups is 1. The van der Waals surface area contributed by atoms with Crippen LogP contribution in [0.2, 0.25) is 0 Å². The van der Waals surface area contributed by atoms with Gasteiger partial charge in [-0.25, -0.2) is 4.98 Å². The number of amides is 1. The van der Waals surface area contributed by atoms with Crippen LogP contribution in [0.15, 0.2) is 48.5 Å². The Labute approximate surface area is 205 Å². The number of nitriles is 1. The van der Waals surface area contributed by atoms with Gasteiger partial charge in [0.15, 0.2) is 0 Å². The fourth-order valence-electron chi connectivity index (χ4n) is 4.05. The molecule has 4 rings (SSSR count). The van der Waals surface area contributed by atoms with Crippen molar-refractivity contribution in [2.75, 3.05) is 19.7 Å². The van der Waals surface area contributed by atoms with E-state index in [-0.39, 0.29) is 11.9 Å². The number of likely N-dealkylation sites (tertiary alicyclic amines) is 1. The van der Waals surface area contributed by atoms with Crippen LogP contribution in [0.25, 0.3) is 10.6 Å². The van der Waals surface area contributed by atoms with Crippen LogP contribution >= 0.6 is 11.3 Å². The van der Waals surface area contributed by atoms with E-state index in [1.807, 2.05) is 25.1 Å². The molecule has 1 aliphatic heterocycles. The van der Waals surface area contributed by atoms with E-state index >= 15 is 0 Å². The zero-order valence-electron chi connectivity index (χ0n) is 19.9. The van der Waals surface area contributed by atoms with Crippen molar-refractivity contribution in [1.82, 2.24) is 15.2 Å². The van der Waals surface area contributed by atoms with Gasteiger partial charge in [-0.15, -0.1) is 11.3 Å². The summed E-state index contributed by atoms with van der Waals surface area (Å²) in [6, 6.07) is 18.2. The second-order valence-electron chi connectivity index (χ2n) is 9.14. The van der Waals surface area contributed by atoms with Gasteiger partial charge >= 0.3 is 0 Å². The molecule has 1 unspecified atom stereocenters. The summed E-state index contributed by atoms with van der Waals surface area (Å²) >= 11 is 1.36. The molecule has 1 aliphatic rings. The highest BCUT2D eigenvalue weighted by Gasteiger charge is 2.26. The van der Waals surface area contributed by atoms with E-state index in [1.165, 1.54) is 16.9 Å². The third-order valence-corrected chi connectivity index (χ3v) is 6.98. The van der Waals surface area contributed by atoms with Gasteiger partial charge in [0.05, 0.1) is 17.9 Å². The number of benzene rings is 2. The molecule has 2 aromatic carbocycles. The minimum Gasteiger partial charge on any atom is -0.492 e. The Morgan fingerprint density at radius 3 is 2.82 bits per heavy atom. The number of carbonyl (C=O) groups excluding carboxylic acids is 1. The van der Waals surface area contributed by atoms with E-state index < -0.39 is 0 Å². The lowest BCUT2D eigenvalue weighted by Gasteiger charge is -2.16. The second kappa shape index (κ2) is 10.8. The molecule has 0 saturated carbocycles. The molecule has 0 spiro atoms. The SMILES string of the molecule is Cc1nc(-c2ccc(OCC(C)C)c(C#N)c2)sc1C(=O)NC1CCN(Cc2ccccc2)C1. The molecule has 1 saturated heterocycles. The third-order valence-electron chi connectivity index (χ3n) is 5.78. The van der Waals surface area contributed by atoms with Gasteiger partial charge in [0, 0.05) is 31.2 Å². The van der Waals surface area contributed by atoms with Gasteiger partial charge in [0.2, 0.25) is 0 Å². The molecular weight excluding hydrogens is 444 g/mol. The van der Waals surface area contributed by atoms with Gasteiger partial charge in [0.25, 0.3) is 5.91 Å². The summed E-state index contributed by atoms with van der Waals surface area (Å²) < 4.78 is 5.76. The summed E-state index contributed by atoms with van der Waals surface area (Å²) in [6.07, 6.45) is 0.937. The Morgan fingerprint density at radius 2 is 2.09 bits per heavy atom. The van der Waals surface area contributed by atoms with Crippen LogP contribution in [0.5, 0.6) is 5.75 Å². The molecule has 0 radical (unpaired) electrons. The molecule has 0 bridgehead atoms. The summed E-state index contributed by atoms with van der Waals surface area (Å²) in [4.78, 5) is 20.6. The number of aromatic nitrogens is 1. The van der Waals surface area contributed by atoms with Crippen LogP contribution < -0.4 is 10.1 Å². The molecule has 7 heteroatoms. The molecule has 0 aliphatic carbocycles. The summed E-state index contributed by atoms with van der Waals surface area (Å²) in [5, 5.41) is 13.5. The van der Waals surface area contributed by atoms with Crippen LogP contribution in [0.1, 0.15) is 46.8 Å². The average molecular weight is 475 g/mol. The highest BCUT2D eigenvalue weighted by molar-refractivity contribution is 7.17. The van der Waals surface area contributed by atoms with E-state index in [9.17, 15) is 10.1 Å². The summed E-state index contributed by atoms with van der Waals surface area (Å²) in [6.45, 7) is 9.25. The molecule has 3 aromatic rings. The van der Waals surface area contributed by atoms with E-state index in [0.29, 0.717) is 34.4 Å². The molecular formula is C27H30N4O2S. The highest BCUT2D eigenvalue weighted by atomic mass is 32.1. The van der Waals surface area contributed by atoms with Crippen molar-refractivity contribution in [3.63, 3.8) is 0 Å². The second-order valence-corrected chi connectivity index (χ2v) is 10.1. The maximum absolute atomic E-state index is 13.0. The van der Waals surface area contributed by atoms with E-state index in [0.717, 1.165) is 36.6 Å². The van der Waals surface area contributed by atoms with E-state index in [2.05, 4.69) is 59.4 Å². The predicted octanol–water partition coefficient (Wildman–Crippen LogP) is 5.03. The predicted molar refractivity (Wildman–Crippen MR) is 135 cm³/mol. The van der Waals surface area contributed by atoms with Gasteiger partial charge in [0.1, 0.15) is 21.7 Å². The first-order chi connectivity index (χ1) is 16.4. The van der Waals surface area contributed by atoms with Crippen molar-refractivity contribution < 1.29 is 9.53 Å². The average Bonchev–Trinajstić information content (AvgIpc) is 3.44. The van der Waals surface area contributed by atoms with Crippen LogP contribution in [0.3, 0.4) is 0 Å². The Hall–Kier alpha value is -3.21. The van der Waals surface area contributed by atoms with Gasteiger partial charge in [-0.3, -0.25) is 9.69 Å². The van der Waals surface area contributed by atoms with Crippen molar-refractivity contribution >= 4 is 17.2 Å². The summed E-state index contributed by atoms with van der Waals surface area (Å²) in [5.74, 6) is 0.872. The van der Waals surface area contributed by atoms with Crippen molar-refractivity contribution in [2.45, 2.75) is 39.8 Å². The molecule has 6 nitrogen and oxygen atoms in total. The fraction of sp³-hybridized carbons (Fsp3) is 0.370. The minimum atomic E-state index is -0.0785. The van der Waals surface area contributed by atoms with Gasteiger partial charge < -0.3 is 10.1 Å².